The molecule has 10 nitrogen and oxygen atoms in total. The van der Waals surface area contributed by atoms with Crippen molar-refractivity contribution in [2.24, 2.45) is 0 Å². The third kappa shape index (κ3) is 5.44. The Hall–Kier alpha value is -2.67. The summed E-state index contributed by atoms with van der Waals surface area (Å²) >= 11 is 3.21. The lowest BCUT2D eigenvalue weighted by Gasteiger charge is -2.15. The fourth-order valence-electron chi connectivity index (χ4n) is 2.19. The molecule has 1 aromatic carbocycles. The highest BCUT2D eigenvalue weighted by Gasteiger charge is 2.27. The maximum absolute atomic E-state index is 12.4. The van der Waals surface area contributed by atoms with Crippen LogP contribution in [0.1, 0.15) is 5.89 Å². The molecular formula is C17H15BrN4O6S. The van der Waals surface area contributed by atoms with Gasteiger partial charge in [-0.3, -0.25) is 9.78 Å². The van der Waals surface area contributed by atoms with E-state index in [1.807, 2.05) is 0 Å². The average Bonchev–Trinajstić information content (AvgIpc) is 3.20. The smallest absolute Gasteiger partial charge is 0.327 e. The summed E-state index contributed by atoms with van der Waals surface area (Å²) in [6.07, 6.45) is 3.13. The molecule has 0 bridgehead atoms. The van der Waals surface area contributed by atoms with Gasteiger partial charge in [0.2, 0.25) is 15.8 Å². The van der Waals surface area contributed by atoms with E-state index >= 15 is 0 Å². The lowest BCUT2D eigenvalue weighted by molar-refractivity contribution is -0.148. The minimum absolute atomic E-state index is 0.00431. The maximum atomic E-state index is 12.4. The number of aliphatic hydroxyl groups is 1. The number of carbonyl (C=O) groups is 1. The Morgan fingerprint density at radius 2 is 2.03 bits per heavy atom. The van der Waals surface area contributed by atoms with Crippen LogP contribution in [-0.2, 0) is 26.2 Å². The highest BCUT2D eigenvalue weighted by Crippen LogP contribution is 2.16. The van der Waals surface area contributed by atoms with E-state index in [-0.39, 0.29) is 23.2 Å². The topological polar surface area (TPSA) is 145 Å². The van der Waals surface area contributed by atoms with Crippen molar-refractivity contribution < 1.29 is 27.6 Å². The quantitative estimate of drug-likeness (QED) is 0.453. The van der Waals surface area contributed by atoms with Gasteiger partial charge in [-0.15, -0.1) is 0 Å². The Morgan fingerprint density at radius 1 is 1.28 bits per heavy atom. The molecule has 0 aliphatic carbocycles. The zero-order valence-electron chi connectivity index (χ0n) is 14.7. The number of benzene rings is 1. The van der Waals surface area contributed by atoms with Gasteiger partial charge in [-0.2, -0.15) is 9.71 Å². The highest BCUT2D eigenvalue weighted by molar-refractivity contribution is 9.10. The van der Waals surface area contributed by atoms with Crippen molar-refractivity contribution in [1.82, 2.24) is 19.8 Å². The molecule has 0 spiro atoms. The van der Waals surface area contributed by atoms with Crippen LogP contribution in [0.25, 0.3) is 11.4 Å². The Balaban J connectivity index is 1.61. The van der Waals surface area contributed by atoms with Gasteiger partial charge in [0.15, 0.2) is 6.61 Å². The standard InChI is InChI=1S/C17H15BrN4O6S/c18-12-3-5-13(6-4-12)29(25,26)22-14(9-23)17(24)27-10-15-20-16(21-28-15)11-2-1-7-19-8-11/h1-8,14,22-23H,9-10H2. The second kappa shape index (κ2) is 9.22. The summed E-state index contributed by atoms with van der Waals surface area (Å²) in [6, 6.07) is 7.72. The van der Waals surface area contributed by atoms with Crippen molar-refractivity contribution in [3.63, 3.8) is 0 Å². The number of hydrogen-bond acceptors (Lipinski definition) is 9. The summed E-state index contributed by atoms with van der Waals surface area (Å²) < 4.78 is 37.5. The number of ether oxygens (including phenoxy) is 1. The van der Waals surface area contributed by atoms with E-state index in [1.165, 1.54) is 24.3 Å². The zero-order chi connectivity index (χ0) is 20.9. The number of aliphatic hydroxyl groups excluding tert-OH is 1. The van der Waals surface area contributed by atoms with Gasteiger partial charge in [-0.1, -0.05) is 21.1 Å². The highest BCUT2D eigenvalue weighted by atomic mass is 79.9. The molecule has 2 heterocycles. The monoisotopic (exact) mass is 482 g/mol. The molecule has 0 radical (unpaired) electrons. The number of hydrogen-bond donors (Lipinski definition) is 2. The van der Waals surface area contributed by atoms with E-state index in [0.717, 1.165) is 0 Å². The third-order valence-electron chi connectivity index (χ3n) is 3.61. The van der Waals surface area contributed by atoms with Crippen LogP contribution in [0.2, 0.25) is 0 Å². The molecule has 2 N–H and O–H groups in total. The molecule has 12 heteroatoms. The average molecular weight is 483 g/mol. The van der Waals surface area contributed by atoms with Gasteiger partial charge in [-0.25, -0.2) is 8.42 Å². The first-order chi connectivity index (χ1) is 13.9. The van der Waals surface area contributed by atoms with Crippen molar-refractivity contribution in [2.75, 3.05) is 6.61 Å². The summed E-state index contributed by atoms with van der Waals surface area (Å²) in [5.41, 5.74) is 0.615. The van der Waals surface area contributed by atoms with E-state index in [1.54, 1.807) is 24.5 Å². The predicted molar refractivity (Wildman–Crippen MR) is 103 cm³/mol. The van der Waals surface area contributed by atoms with Gasteiger partial charge >= 0.3 is 5.97 Å². The first-order valence-electron chi connectivity index (χ1n) is 8.17. The maximum Gasteiger partial charge on any atom is 0.327 e. The molecule has 3 aromatic rings. The number of pyridine rings is 1. The van der Waals surface area contributed by atoms with Crippen molar-refractivity contribution in [2.45, 2.75) is 17.5 Å². The largest absolute Gasteiger partial charge is 0.454 e. The summed E-state index contributed by atoms with van der Waals surface area (Å²) in [5, 5.41) is 13.2. The fourth-order valence-corrected chi connectivity index (χ4v) is 3.63. The van der Waals surface area contributed by atoms with E-state index in [2.05, 4.69) is 35.8 Å². The minimum Gasteiger partial charge on any atom is -0.454 e. The molecule has 0 aliphatic heterocycles. The number of rotatable bonds is 8. The van der Waals surface area contributed by atoms with Crippen LogP contribution in [0, 0.1) is 0 Å². The number of halogens is 1. The molecule has 152 valence electrons. The first kappa shape index (κ1) is 21.0. The van der Waals surface area contributed by atoms with Crippen molar-refractivity contribution in [3.05, 3.63) is 59.2 Å². The molecular weight excluding hydrogens is 468 g/mol. The SMILES string of the molecule is O=C(OCc1nc(-c2cccnc2)no1)C(CO)NS(=O)(=O)c1ccc(Br)cc1. The Labute approximate surface area is 174 Å². The molecule has 1 atom stereocenters. The number of carbonyl (C=O) groups excluding carboxylic acids is 1. The number of nitrogens with one attached hydrogen (secondary N) is 1. The molecule has 0 fully saturated rings. The van der Waals surface area contributed by atoms with Crippen LogP contribution in [0.5, 0.6) is 0 Å². The predicted octanol–water partition coefficient (Wildman–Crippen LogP) is 1.28. The number of aromatic nitrogens is 3. The number of sulfonamides is 1. The second-order valence-corrected chi connectivity index (χ2v) is 8.30. The van der Waals surface area contributed by atoms with Gasteiger partial charge in [0, 0.05) is 22.4 Å². The van der Waals surface area contributed by atoms with Crippen LogP contribution in [0.15, 0.2) is 62.7 Å². The first-order valence-corrected chi connectivity index (χ1v) is 10.4. The van der Waals surface area contributed by atoms with Gasteiger partial charge in [0.25, 0.3) is 5.89 Å². The van der Waals surface area contributed by atoms with Crippen molar-refractivity contribution in [1.29, 1.82) is 0 Å². The van der Waals surface area contributed by atoms with Crippen molar-refractivity contribution >= 4 is 31.9 Å². The molecule has 0 saturated carbocycles. The fraction of sp³-hybridized carbons (Fsp3) is 0.176. The zero-order valence-corrected chi connectivity index (χ0v) is 17.1. The molecule has 1 unspecified atom stereocenters. The molecule has 3 rings (SSSR count). The molecule has 0 saturated heterocycles. The van der Waals surface area contributed by atoms with E-state index < -0.39 is 28.6 Å². The lowest BCUT2D eigenvalue weighted by atomic mass is 10.3. The van der Waals surface area contributed by atoms with Crippen LogP contribution in [0.4, 0.5) is 0 Å². The summed E-state index contributed by atoms with van der Waals surface area (Å²) in [7, 11) is -4.04. The molecule has 0 amide bonds. The van der Waals surface area contributed by atoms with Crippen LogP contribution in [0.3, 0.4) is 0 Å². The molecule has 29 heavy (non-hydrogen) atoms. The van der Waals surface area contributed by atoms with Crippen LogP contribution in [-0.4, -0.2) is 47.3 Å². The second-order valence-electron chi connectivity index (χ2n) is 5.67. The molecule has 2 aromatic heterocycles. The Kier molecular flexibility index (Phi) is 6.69. The third-order valence-corrected chi connectivity index (χ3v) is 5.63. The lowest BCUT2D eigenvalue weighted by Crippen LogP contribution is -2.44. The number of nitrogens with zero attached hydrogens (tertiary/aromatic N) is 3. The van der Waals surface area contributed by atoms with Crippen LogP contribution >= 0.6 is 15.9 Å². The van der Waals surface area contributed by atoms with E-state index in [4.69, 9.17) is 9.26 Å². The number of esters is 1. The van der Waals surface area contributed by atoms with Gasteiger partial charge < -0.3 is 14.4 Å². The van der Waals surface area contributed by atoms with Crippen LogP contribution < -0.4 is 4.72 Å². The normalized spacial score (nSPS) is 12.5. The van der Waals surface area contributed by atoms with Gasteiger partial charge in [-0.05, 0) is 36.4 Å². The molecule has 0 aliphatic rings. The van der Waals surface area contributed by atoms with Gasteiger partial charge in [0.05, 0.1) is 11.5 Å². The van der Waals surface area contributed by atoms with Crippen molar-refractivity contribution in [3.8, 4) is 11.4 Å². The minimum atomic E-state index is -4.04. The van der Waals surface area contributed by atoms with E-state index in [0.29, 0.717) is 10.0 Å². The van der Waals surface area contributed by atoms with Gasteiger partial charge in [0.1, 0.15) is 6.04 Å². The summed E-state index contributed by atoms with van der Waals surface area (Å²) in [5.74, 6) is -0.724. The summed E-state index contributed by atoms with van der Waals surface area (Å²) in [6.45, 7) is -1.18. The Bertz CT molecular complexity index is 1070. The Morgan fingerprint density at radius 3 is 2.69 bits per heavy atom. The van der Waals surface area contributed by atoms with E-state index in [9.17, 15) is 18.3 Å². The summed E-state index contributed by atoms with van der Waals surface area (Å²) in [4.78, 5) is 20.1.